The number of Topliss-reactive ketones (excluding diaryl/α,β-unsaturated/α-hetero) is 1. The largest absolute Gasteiger partial charge is 0.455 e. The highest BCUT2D eigenvalue weighted by Crippen LogP contribution is 2.35. The fourth-order valence-corrected chi connectivity index (χ4v) is 5.57. The number of nitrogens with zero attached hydrogens (tertiary/aromatic N) is 1. The zero-order chi connectivity index (χ0) is 26.6. The molecule has 2 aromatic rings. The van der Waals surface area contributed by atoms with E-state index < -0.39 is 0 Å². The third kappa shape index (κ3) is 8.27. The number of carbonyl (C=O) groups is 2. The second-order valence-electron chi connectivity index (χ2n) is 9.85. The van der Waals surface area contributed by atoms with E-state index in [0.29, 0.717) is 45.0 Å². The van der Waals surface area contributed by atoms with Crippen molar-refractivity contribution in [2.45, 2.75) is 50.9 Å². The van der Waals surface area contributed by atoms with Gasteiger partial charge in [0.25, 0.3) is 0 Å². The van der Waals surface area contributed by atoms with Crippen molar-refractivity contribution in [3.63, 3.8) is 0 Å². The van der Waals surface area contributed by atoms with Gasteiger partial charge in [-0.15, -0.1) is 11.8 Å². The molecule has 4 rings (SSSR count). The number of hydrogen-bond acceptors (Lipinski definition) is 7. The molecule has 0 amide bonds. The number of ketones is 1. The van der Waals surface area contributed by atoms with Gasteiger partial charge in [0.05, 0.1) is 32.0 Å². The van der Waals surface area contributed by atoms with Gasteiger partial charge >= 0.3 is 5.97 Å². The van der Waals surface area contributed by atoms with E-state index in [1.54, 1.807) is 0 Å². The number of morpholine rings is 1. The summed E-state index contributed by atoms with van der Waals surface area (Å²) in [5.41, 5.74) is 3.48. The van der Waals surface area contributed by atoms with Crippen molar-refractivity contribution < 1.29 is 23.8 Å². The van der Waals surface area contributed by atoms with Crippen molar-refractivity contribution in [1.82, 2.24) is 4.90 Å². The SMILES string of the molecule is CSCOC(=O)CC/C=C\CC[C@H]1[C@@H](OCc2ccc(-c3ccccc3)cc2)CC(=O)[C@@H]1N1CCOCC1. The number of thioether (sulfide) groups is 1. The van der Waals surface area contributed by atoms with Crippen LogP contribution in [0.5, 0.6) is 0 Å². The maximum absolute atomic E-state index is 13.2. The molecular weight excluding hydrogens is 498 g/mol. The fraction of sp³-hybridized carbons (Fsp3) is 0.484. The van der Waals surface area contributed by atoms with Gasteiger partial charge in [-0.05, 0) is 42.2 Å². The third-order valence-electron chi connectivity index (χ3n) is 7.27. The van der Waals surface area contributed by atoms with Gasteiger partial charge in [-0.1, -0.05) is 66.7 Å². The third-order valence-corrected chi connectivity index (χ3v) is 7.62. The number of carbonyl (C=O) groups excluding carboxylic acids is 2. The maximum atomic E-state index is 13.2. The maximum Gasteiger partial charge on any atom is 0.306 e. The van der Waals surface area contributed by atoms with Gasteiger partial charge < -0.3 is 14.2 Å². The molecule has 0 spiro atoms. The molecule has 1 saturated carbocycles. The number of benzene rings is 2. The van der Waals surface area contributed by atoms with E-state index >= 15 is 0 Å². The number of rotatable bonds is 13. The summed E-state index contributed by atoms with van der Waals surface area (Å²) in [6, 6.07) is 18.7. The van der Waals surface area contributed by atoms with Gasteiger partial charge in [-0.3, -0.25) is 14.5 Å². The first kappa shape index (κ1) is 28.6. The van der Waals surface area contributed by atoms with Gasteiger partial charge in [0.2, 0.25) is 0 Å². The van der Waals surface area contributed by atoms with Crippen molar-refractivity contribution in [3.8, 4) is 11.1 Å². The van der Waals surface area contributed by atoms with Crippen LogP contribution in [0.1, 0.15) is 37.7 Å². The first-order chi connectivity index (χ1) is 18.7. The molecule has 0 unspecified atom stereocenters. The van der Waals surface area contributed by atoms with Crippen LogP contribution in [0.25, 0.3) is 11.1 Å². The molecule has 0 aromatic heterocycles. The molecule has 1 aliphatic heterocycles. The van der Waals surface area contributed by atoms with E-state index in [1.165, 1.54) is 22.9 Å². The van der Waals surface area contributed by atoms with Crippen molar-refractivity contribution in [1.29, 1.82) is 0 Å². The Morgan fingerprint density at radius 1 is 1.03 bits per heavy atom. The lowest BCUT2D eigenvalue weighted by Crippen LogP contribution is -2.49. The molecule has 2 fully saturated rings. The van der Waals surface area contributed by atoms with Crippen LogP contribution in [0.3, 0.4) is 0 Å². The number of hydrogen-bond donors (Lipinski definition) is 0. The Labute approximate surface area is 230 Å². The highest BCUT2D eigenvalue weighted by molar-refractivity contribution is 7.98. The van der Waals surface area contributed by atoms with Crippen LogP contribution in [0.15, 0.2) is 66.7 Å². The highest BCUT2D eigenvalue weighted by atomic mass is 32.2. The summed E-state index contributed by atoms with van der Waals surface area (Å²) < 4.78 is 17.1. The number of esters is 1. The minimum atomic E-state index is -0.164. The Bertz CT molecular complexity index is 1040. The van der Waals surface area contributed by atoms with Gasteiger partial charge in [-0.25, -0.2) is 0 Å². The van der Waals surface area contributed by atoms with E-state index in [9.17, 15) is 9.59 Å². The predicted molar refractivity (Wildman–Crippen MR) is 152 cm³/mol. The summed E-state index contributed by atoms with van der Waals surface area (Å²) >= 11 is 1.49. The van der Waals surface area contributed by atoms with Crippen LogP contribution in [0, 0.1) is 5.92 Å². The molecule has 1 aliphatic carbocycles. The van der Waals surface area contributed by atoms with Crippen molar-refractivity contribution >= 4 is 23.5 Å². The van der Waals surface area contributed by atoms with E-state index in [0.717, 1.165) is 31.5 Å². The van der Waals surface area contributed by atoms with Crippen molar-refractivity contribution in [2.24, 2.45) is 5.92 Å². The first-order valence-electron chi connectivity index (χ1n) is 13.6. The molecule has 1 heterocycles. The second-order valence-corrected chi connectivity index (χ2v) is 10.7. The second kappa shape index (κ2) is 15.2. The Balaban J connectivity index is 1.33. The van der Waals surface area contributed by atoms with Gasteiger partial charge in [0, 0.05) is 31.8 Å². The van der Waals surface area contributed by atoms with Crippen molar-refractivity contribution in [3.05, 3.63) is 72.3 Å². The van der Waals surface area contributed by atoms with E-state index in [4.69, 9.17) is 14.2 Å². The van der Waals surface area contributed by atoms with E-state index in [2.05, 4.69) is 47.4 Å². The van der Waals surface area contributed by atoms with Crippen LogP contribution < -0.4 is 0 Å². The first-order valence-corrected chi connectivity index (χ1v) is 14.9. The summed E-state index contributed by atoms with van der Waals surface area (Å²) in [4.78, 5) is 27.1. The Morgan fingerprint density at radius 2 is 1.74 bits per heavy atom. The van der Waals surface area contributed by atoms with Crippen LogP contribution in [0.4, 0.5) is 0 Å². The van der Waals surface area contributed by atoms with Crippen LogP contribution in [-0.2, 0) is 30.4 Å². The van der Waals surface area contributed by atoms with E-state index in [1.807, 2.05) is 30.5 Å². The smallest absolute Gasteiger partial charge is 0.306 e. The molecule has 38 heavy (non-hydrogen) atoms. The zero-order valence-corrected chi connectivity index (χ0v) is 23.1. The lowest BCUT2D eigenvalue weighted by molar-refractivity contribution is -0.141. The molecule has 3 atom stereocenters. The molecule has 2 aliphatic rings. The van der Waals surface area contributed by atoms with Crippen LogP contribution >= 0.6 is 11.8 Å². The summed E-state index contributed by atoms with van der Waals surface area (Å²) in [6.07, 6.45) is 9.23. The molecule has 7 heteroatoms. The zero-order valence-electron chi connectivity index (χ0n) is 22.3. The summed E-state index contributed by atoms with van der Waals surface area (Å²) in [6.45, 7) is 3.40. The summed E-state index contributed by atoms with van der Waals surface area (Å²) in [7, 11) is 0. The quantitative estimate of drug-likeness (QED) is 0.190. The molecule has 0 N–H and O–H groups in total. The Kier molecular flexibility index (Phi) is 11.4. The minimum Gasteiger partial charge on any atom is -0.455 e. The fourth-order valence-electron chi connectivity index (χ4n) is 5.32. The van der Waals surface area contributed by atoms with Crippen molar-refractivity contribution in [2.75, 3.05) is 38.5 Å². The Hall–Kier alpha value is -2.45. The summed E-state index contributed by atoms with van der Waals surface area (Å²) in [5.74, 6) is 0.657. The normalized spacial score (nSPS) is 22.2. The minimum absolute atomic E-state index is 0.0981. The lowest BCUT2D eigenvalue weighted by Gasteiger charge is -2.35. The number of allylic oxidation sites excluding steroid dienone is 2. The molecule has 0 bridgehead atoms. The topological polar surface area (TPSA) is 65.1 Å². The monoisotopic (exact) mass is 537 g/mol. The molecular formula is C31H39NO5S. The molecule has 204 valence electrons. The van der Waals surface area contributed by atoms with Gasteiger partial charge in [0.15, 0.2) is 5.78 Å². The standard InChI is InChI=1S/C31H39NO5S/c1-38-23-37-30(34)12-8-3-2-7-11-27-29(21-28(33)31(27)32-17-19-35-20-18-32)36-22-24-13-15-26(16-14-24)25-9-5-4-6-10-25/h2-6,9-10,13-16,27,29,31H,7-8,11-12,17-23H2,1H3/b3-2-/t27-,29-,31+/m0/s1. The Morgan fingerprint density at radius 3 is 2.47 bits per heavy atom. The van der Waals surface area contributed by atoms with Gasteiger partial charge in [0.1, 0.15) is 5.94 Å². The molecule has 1 saturated heterocycles. The van der Waals surface area contributed by atoms with Crippen LogP contribution in [0.2, 0.25) is 0 Å². The average molecular weight is 538 g/mol. The summed E-state index contributed by atoms with van der Waals surface area (Å²) in [5, 5.41) is 0. The highest BCUT2D eigenvalue weighted by Gasteiger charge is 2.45. The van der Waals surface area contributed by atoms with Crippen LogP contribution in [-0.4, -0.2) is 67.3 Å². The van der Waals surface area contributed by atoms with Gasteiger partial charge in [-0.2, -0.15) is 0 Å². The average Bonchev–Trinajstić information content (AvgIpc) is 3.28. The van der Waals surface area contributed by atoms with E-state index in [-0.39, 0.29) is 29.8 Å². The lowest BCUT2D eigenvalue weighted by atomic mass is 9.93. The molecule has 2 aromatic carbocycles. The molecule has 0 radical (unpaired) electrons. The predicted octanol–water partition coefficient (Wildman–Crippen LogP) is 5.51. The molecule has 6 nitrogen and oxygen atoms in total. The number of ether oxygens (including phenoxy) is 3.